The topological polar surface area (TPSA) is 105 Å². The van der Waals surface area contributed by atoms with Crippen molar-refractivity contribution in [1.82, 2.24) is 9.88 Å². The molecular formula is C20H20Cl2N4O3. The van der Waals surface area contributed by atoms with E-state index in [-0.39, 0.29) is 23.2 Å². The lowest BCUT2D eigenvalue weighted by molar-refractivity contribution is -0.146. The molecule has 2 aromatic rings. The molecule has 2 atom stereocenters. The number of carbonyl (C=O) groups is 3. The van der Waals surface area contributed by atoms with Crippen molar-refractivity contribution in [2.45, 2.75) is 25.8 Å². The Morgan fingerprint density at radius 2 is 1.90 bits per heavy atom. The van der Waals surface area contributed by atoms with Crippen LogP contribution in [0.2, 0.25) is 10.0 Å². The van der Waals surface area contributed by atoms with E-state index in [1.54, 1.807) is 17.0 Å². The van der Waals surface area contributed by atoms with Gasteiger partial charge in [-0.05, 0) is 42.5 Å². The molecule has 1 aromatic heterocycles. The lowest BCUT2D eigenvalue weighted by Gasteiger charge is -2.38. The number of nitrogens with two attached hydrogens (primary N) is 1. The van der Waals surface area contributed by atoms with Gasteiger partial charge in [0.25, 0.3) is 0 Å². The predicted octanol–water partition coefficient (Wildman–Crippen LogP) is 3.43. The number of anilines is 1. The number of halogens is 2. The Kier molecular flexibility index (Phi) is 6.39. The van der Waals surface area contributed by atoms with Crippen LogP contribution in [-0.4, -0.2) is 34.2 Å². The maximum atomic E-state index is 12.9. The first-order chi connectivity index (χ1) is 13.8. The van der Waals surface area contributed by atoms with Crippen molar-refractivity contribution in [3.8, 4) is 0 Å². The van der Waals surface area contributed by atoms with E-state index < -0.39 is 17.7 Å². The summed E-state index contributed by atoms with van der Waals surface area (Å²) in [6.45, 7) is 2.47. The average Bonchev–Trinajstić information content (AvgIpc) is 2.69. The van der Waals surface area contributed by atoms with Gasteiger partial charge in [0.15, 0.2) is 0 Å². The van der Waals surface area contributed by atoms with Gasteiger partial charge < -0.3 is 16.0 Å². The zero-order valence-corrected chi connectivity index (χ0v) is 17.2. The smallest absolute Gasteiger partial charge is 0.313 e. The number of piperidine rings is 1. The molecule has 0 spiro atoms. The van der Waals surface area contributed by atoms with Gasteiger partial charge in [-0.25, -0.2) is 0 Å². The number of pyridine rings is 1. The molecule has 1 aliphatic rings. The number of nitrogens with one attached hydrogen (secondary N) is 1. The SMILES string of the molecule is C[C@H]1CC[C@H](c2ccc(Cl)c(Cl)c2)N(C(=O)C(=O)Nc2cncc(C(N)=O)c2)C1. The number of hydrogen-bond donors (Lipinski definition) is 2. The van der Waals surface area contributed by atoms with E-state index in [2.05, 4.69) is 10.3 Å². The van der Waals surface area contributed by atoms with Gasteiger partial charge in [0.1, 0.15) is 0 Å². The Morgan fingerprint density at radius 1 is 1.14 bits per heavy atom. The molecule has 29 heavy (non-hydrogen) atoms. The molecule has 3 N–H and O–H groups in total. The monoisotopic (exact) mass is 434 g/mol. The van der Waals surface area contributed by atoms with Crippen LogP contribution in [0.25, 0.3) is 0 Å². The van der Waals surface area contributed by atoms with Crippen LogP contribution in [0.4, 0.5) is 5.69 Å². The molecule has 0 saturated carbocycles. The van der Waals surface area contributed by atoms with Gasteiger partial charge in [-0.15, -0.1) is 0 Å². The highest BCUT2D eigenvalue weighted by Gasteiger charge is 2.34. The summed E-state index contributed by atoms with van der Waals surface area (Å²) in [4.78, 5) is 42.2. The second kappa shape index (κ2) is 8.80. The molecule has 2 heterocycles. The standard InChI is InChI=1S/C20H20Cl2N4O3/c1-11-2-5-17(12-3-4-15(21)16(22)7-12)26(10-11)20(29)19(28)25-14-6-13(18(23)27)8-24-9-14/h3-4,6-9,11,17H,2,5,10H2,1H3,(H2,23,27)(H,25,28)/t11-,17+/m0/s1. The van der Waals surface area contributed by atoms with Gasteiger partial charge in [-0.1, -0.05) is 36.2 Å². The fourth-order valence-corrected chi connectivity index (χ4v) is 3.71. The van der Waals surface area contributed by atoms with Crippen molar-refractivity contribution < 1.29 is 14.4 Å². The number of rotatable bonds is 3. The summed E-state index contributed by atoms with van der Waals surface area (Å²) in [5.41, 5.74) is 6.40. The first kappa shape index (κ1) is 21.1. The van der Waals surface area contributed by atoms with E-state index in [9.17, 15) is 14.4 Å². The molecule has 3 amide bonds. The molecule has 0 aliphatic carbocycles. The number of primary amides is 1. The third-order valence-corrected chi connectivity index (χ3v) is 5.62. The summed E-state index contributed by atoms with van der Waals surface area (Å²) in [7, 11) is 0. The van der Waals surface area contributed by atoms with E-state index in [0.717, 1.165) is 12.0 Å². The normalized spacial score (nSPS) is 18.9. The van der Waals surface area contributed by atoms with Gasteiger partial charge in [0.2, 0.25) is 5.91 Å². The van der Waals surface area contributed by atoms with Crippen molar-refractivity contribution in [2.75, 3.05) is 11.9 Å². The highest BCUT2D eigenvalue weighted by atomic mass is 35.5. The second-order valence-corrected chi connectivity index (χ2v) is 7.92. The van der Waals surface area contributed by atoms with Crippen molar-refractivity contribution in [3.05, 3.63) is 57.8 Å². The molecule has 7 nitrogen and oxygen atoms in total. The Hall–Kier alpha value is -2.64. The van der Waals surface area contributed by atoms with E-state index in [4.69, 9.17) is 28.9 Å². The Balaban J connectivity index is 1.81. The van der Waals surface area contributed by atoms with E-state index >= 15 is 0 Å². The highest BCUT2D eigenvalue weighted by molar-refractivity contribution is 6.42. The summed E-state index contributed by atoms with van der Waals surface area (Å²) >= 11 is 12.1. The van der Waals surface area contributed by atoms with Crippen LogP contribution >= 0.6 is 23.2 Å². The van der Waals surface area contributed by atoms with Crippen LogP contribution in [0, 0.1) is 5.92 Å². The maximum absolute atomic E-state index is 12.9. The van der Waals surface area contributed by atoms with E-state index in [1.165, 1.54) is 18.5 Å². The van der Waals surface area contributed by atoms with Crippen LogP contribution in [0.1, 0.15) is 41.7 Å². The molecule has 9 heteroatoms. The molecule has 0 bridgehead atoms. The van der Waals surface area contributed by atoms with Crippen molar-refractivity contribution in [1.29, 1.82) is 0 Å². The largest absolute Gasteiger partial charge is 0.366 e. The first-order valence-corrected chi connectivity index (χ1v) is 9.83. The molecule has 1 aromatic carbocycles. The zero-order chi connectivity index (χ0) is 21.1. The number of nitrogens with zero attached hydrogens (tertiary/aromatic N) is 2. The van der Waals surface area contributed by atoms with Gasteiger partial charge in [-0.2, -0.15) is 0 Å². The fourth-order valence-electron chi connectivity index (χ4n) is 3.40. The molecule has 152 valence electrons. The summed E-state index contributed by atoms with van der Waals surface area (Å²) in [6.07, 6.45) is 4.25. The molecule has 1 aliphatic heterocycles. The minimum atomic E-state index is -0.812. The minimum Gasteiger partial charge on any atom is -0.366 e. The molecule has 3 rings (SSSR count). The Morgan fingerprint density at radius 3 is 2.59 bits per heavy atom. The quantitative estimate of drug-likeness (QED) is 0.721. The maximum Gasteiger partial charge on any atom is 0.313 e. The van der Waals surface area contributed by atoms with Gasteiger partial charge in [0, 0.05) is 12.7 Å². The van der Waals surface area contributed by atoms with Crippen molar-refractivity contribution in [2.24, 2.45) is 11.7 Å². The third kappa shape index (κ3) is 4.86. The van der Waals surface area contributed by atoms with Crippen LogP contribution in [-0.2, 0) is 9.59 Å². The van der Waals surface area contributed by atoms with Crippen LogP contribution in [0.5, 0.6) is 0 Å². The Labute approximate surface area is 178 Å². The molecule has 0 radical (unpaired) electrons. The lowest BCUT2D eigenvalue weighted by Crippen LogP contribution is -2.46. The third-order valence-electron chi connectivity index (χ3n) is 4.88. The van der Waals surface area contributed by atoms with Gasteiger partial charge in [-0.3, -0.25) is 19.4 Å². The number of aromatic nitrogens is 1. The molecule has 1 saturated heterocycles. The highest BCUT2D eigenvalue weighted by Crippen LogP contribution is 2.36. The molecule has 0 unspecified atom stereocenters. The zero-order valence-electron chi connectivity index (χ0n) is 15.7. The summed E-state index contributed by atoms with van der Waals surface area (Å²) < 4.78 is 0. The van der Waals surface area contributed by atoms with Crippen LogP contribution in [0.15, 0.2) is 36.7 Å². The number of benzene rings is 1. The van der Waals surface area contributed by atoms with E-state index in [1.807, 2.05) is 13.0 Å². The summed E-state index contributed by atoms with van der Waals surface area (Å²) in [6, 6.07) is 6.31. The van der Waals surface area contributed by atoms with Crippen LogP contribution < -0.4 is 11.1 Å². The number of amides is 3. The minimum absolute atomic E-state index is 0.135. The van der Waals surface area contributed by atoms with E-state index in [0.29, 0.717) is 23.0 Å². The number of likely N-dealkylation sites (tertiary alicyclic amines) is 1. The van der Waals surface area contributed by atoms with Gasteiger partial charge >= 0.3 is 11.8 Å². The summed E-state index contributed by atoms with van der Waals surface area (Å²) in [5.74, 6) is -1.90. The lowest BCUT2D eigenvalue weighted by atomic mass is 9.90. The predicted molar refractivity (Wildman–Crippen MR) is 111 cm³/mol. The van der Waals surface area contributed by atoms with Gasteiger partial charge in [0.05, 0.1) is 33.5 Å². The fraction of sp³-hybridized carbons (Fsp3) is 0.300. The van der Waals surface area contributed by atoms with Crippen molar-refractivity contribution in [3.63, 3.8) is 0 Å². The molecule has 1 fully saturated rings. The first-order valence-electron chi connectivity index (χ1n) is 9.08. The second-order valence-electron chi connectivity index (χ2n) is 7.11. The van der Waals surface area contributed by atoms with Crippen molar-refractivity contribution >= 4 is 46.6 Å². The summed E-state index contributed by atoms with van der Waals surface area (Å²) in [5, 5.41) is 3.32. The number of hydrogen-bond acceptors (Lipinski definition) is 4. The Bertz CT molecular complexity index is 966. The molecular weight excluding hydrogens is 415 g/mol. The van der Waals surface area contributed by atoms with Crippen LogP contribution in [0.3, 0.4) is 0 Å². The average molecular weight is 435 g/mol. The number of carbonyl (C=O) groups excluding carboxylic acids is 3.